The van der Waals surface area contributed by atoms with E-state index in [-0.39, 0.29) is 23.5 Å². The first kappa shape index (κ1) is 17.4. The number of thiol groups is 1. The zero-order chi connectivity index (χ0) is 17.2. The van der Waals surface area contributed by atoms with Crippen LogP contribution in [0.1, 0.15) is 18.4 Å². The highest BCUT2D eigenvalue weighted by Gasteiger charge is 2.36. The van der Waals surface area contributed by atoms with Gasteiger partial charge >= 0.3 is 5.97 Å². The van der Waals surface area contributed by atoms with Crippen molar-refractivity contribution >= 4 is 40.2 Å². The van der Waals surface area contributed by atoms with E-state index in [1.54, 1.807) is 0 Å². The minimum absolute atomic E-state index is 0.0440. The molecule has 8 nitrogen and oxygen atoms in total. The molecule has 1 aliphatic rings. The van der Waals surface area contributed by atoms with Crippen LogP contribution in [0.5, 0.6) is 0 Å². The number of hydrazone groups is 1. The minimum Gasteiger partial charge on any atom is -0.480 e. The lowest BCUT2D eigenvalue weighted by atomic mass is 10.0. The Morgan fingerprint density at radius 1 is 1.35 bits per heavy atom. The van der Waals surface area contributed by atoms with Gasteiger partial charge in [0.2, 0.25) is 15.9 Å². The summed E-state index contributed by atoms with van der Waals surface area (Å²) in [6.45, 7) is 0. The highest BCUT2D eigenvalue weighted by atomic mass is 32.2. The normalized spacial score (nSPS) is 17.9. The standard InChI is InChI=1S/C13H15N3O5S2/c14-23(20,21)9-3-1-8(2-4-9)10-7-11(13(18)19)16(15-10)12(17)5-6-22/h1-4,11,22H,5-7H2,(H,18,19)(H2,14,20,21). The number of hydrogen-bond donors (Lipinski definition) is 3. The van der Waals surface area contributed by atoms with E-state index in [4.69, 9.17) is 5.14 Å². The number of benzene rings is 1. The fourth-order valence-corrected chi connectivity index (χ4v) is 2.86. The van der Waals surface area contributed by atoms with Crippen LogP contribution in [-0.4, -0.2) is 47.9 Å². The van der Waals surface area contributed by atoms with Crippen molar-refractivity contribution in [3.8, 4) is 0 Å². The Morgan fingerprint density at radius 3 is 2.43 bits per heavy atom. The van der Waals surface area contributed by atoms with E-state index < -0.39 is 27.9 Å². The summed E-state index contributed by atoms with van der Waals surface area (Å²) in [4.78, 5) is 23.2. The van der Waals surface area contributed by atoms with Crippen molar-refractivity contribution in [2.75, 3.05) is 5.75 Å². The lowest BCUT2D eigenvalue weighted by Crippen LogP contribution is -2.38. The lowest BCUT2D eigenvalue weighted by molar-refractivity contribution is -0.148. The molecule has 0 aliphatic carbocycles. The van der Waals surface area contributed by atoms with Crippen molar-refractivity contribution in [2.45, 2.75) is 23.8 Å². The molecule has 3 N–H and O–H groups in total. The number of primary sulfonamides is 1. The number of nitrogens with two attached hydrogens (primary N) is 1. The van der Waals surface area contributed by atoms with Crippen LogP contribution in [0.15, 0.2) is 34.3 Å². The van der Waals surface area contributed by atoms with Gasteiger partial charge < -0.3 is 5.11 Å². The maximum absolute atomic E-state index is 11.9. The zero-order valence-electron chi connectivity index (χ0n) is 11.9. The Morgan fingerprint density at radius 2 is 1.96 bits per heavy atom. The van der Waals surface area contributed by atoms with Crippen molar-refractivity contribution in [3.05, 3.63) is 29.8 Å². The number of carbonyl (C=O) groups is 2. The molecule has 0 aromatic heterocycles. The zero-order valence-corrected chi connectivity index (χ0v) is 13.6. The Bertz CT molecular complexity index is 758. The fourth-order valence-electron chi connectivity index (χ4n) is 2.15. The summed E-state index contributed by atoms with van der Waals surface area (Å²) in [5, 5.41) is 19.3. The van der Waals surface area contributed by atoms with E-state index >= 15 is 0 Å². The predicted molar refractivity (Wildman–Crippen MR) is 85.7 cm³/mol. The molecule has 1 amide bonds. The van der Waals surface area contributed by atoms with E-state index in [1.165, 1.54) is 24.3 Å². The van der Waals surface area contributed by atoms with Crippen molar-refractivity contribution in [3.63, 3.8) is 0 Å². The largest absolute Gasteiger partial charge is 0.480 e. The second kappa shape index (κ2) is 6.69. The van der Waals surface area contributed by atoms with Crippen LogP contribution in [0.3, 0.4) is 0 Å². The van der Waals surface area contributed by atoms with Gasteiger partial charge in [-0.3, -0.25) is 4.79 Å². The Balaban J connectivity index is 2.30. The highest BCUT2D eigenvalue weighted by molar-refractivity contribution is 7.89. The molecule has 1 aromatic rings. The summed E-state index contributed by atoms with van der Waals surface area (Å²) < 4.78 is 22.5. The first-order valence-electron chi connectivity index (χ1n) is 6.60. The Labute approximate surface area is 138 Å². The smallest absolute Gasteiger partial charge is 0.329 e. The maximum Gasteiger partial charge on any atom is 0.329 e. The molecule has 0 saturated heterocycles. The quantitative estimate of drug-likeness (QED) is 0.641. The van der Waals surface area contributed by atoms with Gasteiger partial charge in [-0.2, -0.15) is 17.7 Å². The summed E-state index contributed by atoms with van der Waals surface area (Å²) in [5.74, 6) is -1.30. The van der Waals surface area contributed by atoms with Crippen molar-refractivity contribution in [2.24, 2.45) is 10.2 Å². The minimum atomic E-state index is -3.81. The van der Waals surface area contributed by atoms with Gasteiger partial charge in [0.1, 0.15) is 0 Å². The van der Waals surface area contributed by atoms with Crippen molar-refractivity contribution in [1.29, 1.82) is 0 Å². The van der Waals surface area contributed by atoms with E-state index in [2.05, 4.69) is 17.7 Å². The molecule has 124 valence electrons. The van der Waals surface area contributed by atoms with Gasteiger partial charge in [0.25, 0.3) is 0 Å². The van der Waals surface area contributed by atoms with Crippen LogP contribution in [0.25, 0.3) is 0 Å². The molecule has 1 unspecified atom stereocenters. The number of sulfonamides is 1. The fraction of sp³-hybridized carbons (Fsp3) is 0.308. The number of carboxylic acid groups (broad SMARTS) is 1. The van der Waals surface area contributed by atoms with E-state index in [1.807, 2.05) is 0 Å². The van der Waals surface area contributed by atoms with Gasteiger partial charge in [-0.25, -0.2) is 23.4 Å². The van der Waals surface area contributed by atoms with Gasteiger partial charge in [0, 0.05) is 12.8 Å². The number of amides is 1. The topological polar surface area (TPSA) is 130 Å². The molecule has 1 heterocycles. The van der Waals surface area contributed by atoms with E-state index in [0.29, 0.717) is 11.3 Å². The molecule has 0 spiro atoms. The first-order chi connectivity index (χ1) is 10.7. The number of hydrogen-bond acceptors (Lipinski definition) is 6. The average molecular weight is 357 g/mol. The van der Waals surface area contributed by atoms with Gasteiger partial charge in [-0.05, 0) is 23.4 Å². The monoisotopic (exact) mass is 357 g/mol. The van der Waals surface area contributed by atoms with Gasteiger partial charge in [0.05, 0.1) is 10.6 Å². The number of nitrogens with zero attached hydrogens (tertiary/aromatic N) is 2. The van der Waals surface area contributed by atoms with Gasteiger partial charge in [0.15, 0.2) is 6.04 Å². The molecule has 0 bridgehead atoms. The van der Waals surface area contributed by atoms with Crippen LogP contribution < -0.4 is 5.14 Å². The molecular formula is C13H15N3O5S2. The number of carbonyl (C=O) groups excluding carboxylic acids is 1. The van der Waals surface area contributed by atoms with Gasteiger partial charge in [-0.15, -0.1) is 0 Å². The molecule has 10 heteroatoms. The van der Waals surface area contributed by atoms with Crippen LogP contribution in [-0.2, 0) is 19.6 Å². The third-order valence-corrected chi connectivity index (χ3v) is 4.45. The molecule has 1 atom stereocenters. The van der Waals surface area contributed by atoms with Crippen LogP contribution in [0, 0.1) is 0 Å². The van der Waals surface area contributed by atoms with Crippen molar-refractivity contribution in [1.82, 2.24) is 5.01 Å². The van der Waals surface area contributed by atoms with Crippen molar-refractivity contribution < 1.29 is 23.1 Å². The molecule has 23 heavy (non-hydrogen) atoms. The highest BCUT2D eigenvalue weighted by Crippen LogP contribution is 2.22. The molecule has 0 fully saturated rings. The second-order valence-electron chi connectivity index (χ2n) is 4.89. The first-order valence-corrected chi connectivity index (χ1v) is 8.78. The summed E-state index contributed by atoms with van der Waals surface area (Å²) in [7, 11) is -3.81. The molecule has 0 radical (unpaired) electrons. The van der Waals surface area contributed by atoms with Crippen LogP contribution >= 0.6 is 12.6 Å². The number of aliphatic carboxylic acids is 1. The average Bonchev–Trinajstić information content (AvgIpc) is 2.92. The molecule has 1 aromatic carbocycles. The third-order valence-electron chi connectivity index (χ3n) is 3.29. The summed E-state index contributed by atoms with van der Waals surface area (Å²) >= 11 is 3.95. The summed E-state index contributed by atoms with van der Waals surface area (Å²) in [5.41, 5.74) is 0.927. The number of rotatable bonds is 5. The second-order valence-corrected chi connectivity index (χ2v) is 6.89. The number of carboxylic acids is 1. The predicted octanol–water partition coefficient (Wildman–Crippen LogP) is 0.0435. The molecule has 0 saturated carbocycles. The maximum atomic E-state index is 11.9. The molecule has 1 aliphatic heterocycles. The molecule has 2 rings (SSSR count). The summed E-state index contributed by atoms with van der Waals surface area (Å²) in [6, 6.07) is 4.49. The third kappa shape index (κ3) is 3.89. The SMILES string of the molecule is NS(=O)(=O)c1ccc(C2=NN(C(=O)CCS)C(C(=O)O)C2)cc1. The Kier molecular flexibility index (Phi) is 5.07. The Hall–Kier alpha value is -1.91. The molecular weight excluding hydrogens is 342 g/mol. The lowest BCUT2D eigenvalue weighted by Gasteiger charge is -2.17. The van der Waals surface area contributed by atoms with E-state index in [0.717, 1.165) is 5.01 Å². The van der Waals surface area contributed by atoms with E-state index in [9.17, 15) is 23.1 Å². The summed E-state index contributed by atoms with van der Waals surface area (Å²) in [6.07, 6.45) is 0.121. The van der Waals surface area contributed by atoms with Crippen LogP contribution in [0.4, 0.5) is 0 Å². The van der Waals surface area contributed by atoms with Gasteiger partial charge in [-0.1, -0.05) is 12.1 Å². The van der Waals surface area contributed by atoms with Crippen LogP contribution in [0.2, 0.25) is 0 Å².